The quantitative estimate of drug-likeness (QED) is 0.777. The highest BCUT2D eigenvalue weighted by Crippen LogP contribution is 2.29. The van der Waals surface area contributed by atoms with E-state index in [0.717, 1.165) is 43.4 Å². The van der Waals surface area contributed by atoms with Gasteiger partial charge in [0.25, 0.3) is 0 Å². The van der Waals surface area contributed by atoms with Crippen molar-refractivity contribution in [3.63, 3.8) is 0 Å². The molecule has 0 amide bonds. The molecule has 2 rings (SSSR count). The van der Waals surface area contributed by atoms with Crippen LogP contribution in [0.2, 0.25) is 0 Å². The topological polar surface area (TPSA) is 59.1 Å². The summed E-state index contributed by atoms with van der Waals surface area (Å²) in [4.78, 5) is 2.33. The lowest BCUT2D eigenvalue weighted by molar-refractivity contribution is 0.506. The molecule has 0 unspecified atom stereocenters. The maximum Gasteiger partial charge on any atom is 0.151 e. The molecular weight excluding hydrogens is 202 g/mol. The fourth-order valence-electron chi connectivity index (χ4n) is 2.10. The molecule has 1 saturated heterocycles. The summed E-state index contributed by atoms with van der Waals surface area (Å²) in [5.41, 5.74) is 7.89. The van der Waals surface area contributed by atoms with E-state index in [4.69, 9.17) is 5.73 Å². The van der Waals surface area contributed by atoms with Crippen molar-refractivity contribution in [3.8, 4) is 0 Å². The Labute approximate surface area is 96.6 Å². The summed E-state index contributed by atoms with van der Waals surface area (Å²) < 4.78 is 2.04. The molecule has 2 heterocycles. The highest BCUT2D eigenvalue weighted by Gasteiger charge is 2.21. The van der Waals surface area contributed by atoms with Gasteiger partial charge in [-0.3, -0.25) is 0 Å². The number of hydrogen-bond acceptors (Lipinski definition) is 4. The van der Waals surface area contributed by atoms with E-state index in [1.165, 1.54) is 0 Å². The number of aromatic nitrogens is 2. The van der Waals surface area contributed by atoms with Gasteiger partial charge in [0.15, 0.2) is 5.82 Å². The molecule has 1 aliphatic heterocycles. The van der Waals surface area contributed by atoms with E-state index < -0.39 is 0 Å². The molecular formula is C11H21N5. The lowest BCUT2D eigenvalue weighted by Crippen LogP contribution is -2.44. The van der Waals surface area contributed by atoms with Crippen molar-refractivity contribution in [3.05, 3.63) is 5.69 Å². The molecule has 0 aromatic carbocycles. The second kappa shape index (κ2) is 4.33. The fraction of sp³-hybridized carbons (Fsp3) is 0.727. The third-order valence-corrected chi connectivity index (χ3v) is 3.01. The molecule has 0 radical (unpaired) electrons. The lowest BCUT2D eigenvalue weighted by Gasteiger charge is -2.30. The number of nitrogens with one attached hydrogen (secondary N) is 1. The average Bonchev–Trinajstić information content (AvgIpc) is 2.57. The van der Waals surface area contributed by atoms with Crippen molar-refractivity contribution in [2.24, 2.45) is 0 Å². The lowest BCUT2D eigenvalue weighted by atomic mass is 10.3. The van der Waals surface area contributed by atoms with Crippen LogP contribution in [0, 0.1) is 6.92 Å². The number of hydrogen-bond donors (Lipinski definition) is 2. The van der Waals surface area contributed by atoms with Gasteiger partial charge in [-0.2, -0.15) is 5.10 Å². The Morgan fingerprint density at radius 3 is 2.50 bits per heavy atom. The van der Waals surface area contributed by atoms with Gasteiger partial charge in [0, 0.05) is 32.2 Å². The number of anilines is 2. The van der Waals surface area contributed by atoms with Crippen LogP contribution >= 0.6 is 0 Å². The van der Waals surface area contributed by atoms with E-state index in [1.807, 2.05) is 11.6 Å². The minimum absolute atomic E-state index is 0.348. The van der Waals surface area contributed by atoms with Crippen molar-refractivity contribution in [2.75, 3.05) is 36.8 Å². The summed E-state index contributed by atoms with van der Waals surface area (Å²) in [6.45, 7) is 10.3. The van der Waals surface area contributed by atoms with Crippen molar-refractivity contribution >= 4 is 11.5 Å². The summed E-state index contributed by atoms with van der Waals surface area (Å²) in [6.07, 6.45) is 0. The summed E-state index contributed by atoms with van der Waals surface area (Å²) in [7, 11) is 0. The molecule has 1 aromatic heterocycles. The molecule has 3 N–H and O–H groups in total. The van der Waals surface area contributed by atoms with Crippen LogP contribution in [0.5, 0.6) is 0 Å². The zero-order chi connectivity index (χ0) is 11.7. The monoisotopic (exact) mass is 223 g/mol. The van der Waals surface area contributed by atoms with E-state index in [0.29, 0.717) is 6.04 Å². The van der Waals surface area contributed by atoms with Gasteiger partial charge >= 0.3 is 0 Å². The van der Waals surface area contributed by atoms with E-state index in [1.54, 1.807) is 0 Å². The zero-order valence-corrected chi connectivity index (χ0v) is 10.3. The molecule has 0 spiro atoms. The molecule has 0 saturated carbocycles. The van der Waals surface area contributed by atoms with Crippen LogP contribution in [0.15, 0.2) is 0 Å². The van der Waals surface area contributed by atoms with E-state index >= 15 is 0 Å². The van der Waals surface area contributed by atoms with Gasteiger partial charge in [-0.05, 0) is 20.8 Å². The van der Waals surface area contributed by atoms with E-state index in [-0.39, 0.29) is 0 Å². The van der Waals surface area contributed by atoms with Crippen molar-refractivity contribution in [1.29, 1.82) is 0 Å². The van der Waals surface area contributed by atoms with Gasteiger partial charge in [-0.1, -0.05) is 0 Å². The zero-order valence-electron chi connectivity index (χ0n) is 10.3. The number of nitrogens with zero attached hydrogens (tertiary/aromatic N) is 3. The van der Waals surface area contributed by atoms with Crippen molar-refractivity contribution in [1.82, 2.24) is 15.1 Å². The molecule has 5 nitrogen and oxygen atoms in total. The number of piperazine rings is 1. The van der Waals surface area contributed by atoms with Crippen LogP contribution < -0.4 is 16.0 Å². The maximum absolute atomic E-state index is 6.13. The summed E-state index contributed by atoms with van der Waals surface area (Å²) >= 11 is 0. The van der Waals surface area contributed by atoms with Gasteiger partial charge in [0.1, 0.15) is 0 Å². The fourth-order valence-corrected chi connectivity index (χ4v) is 2.10. The summed E-state index contributed by atoms with van der Waals surface area (Å²) in [5, 5.41) is 7.86. The summed E-state index contributed by atoms with van der Waals surface area (Å²) in [6, 6.07) is 0.348. The first-order valence-corrected chi connectivity index (χ1v) is 5.91. The Morgan fingerprint density at radius 1 is 1.31 bits per heavy atom. The first kappa shape index (κ1) is 11.3. The van der Waals surface area contributed by atoms with Crippen LogP contribution in [0.3, 0.4) is 0 Å². The minimum Gasteiger partial charge on any atom is -0.394 e. The number of nitrogens with two attached hydrogens (primary N) is 1. The molecule has 0 bridgehead atoms. The average molecular weight is 223 g/mol. The smallest absolute Gasteiger partial charge is 0.151 e. The molecule has 16 heavy (non-hydrogen) atoms. The third-order valence-electron chi connectivity index (χ3n) is 3.01. The Balaban J connectivity index is 2.36. The number of aryl methyl sites for hydroxylation is 1. The van der Waals surface area contributed by atoms with Crippen LogP contribution in [0.4, 0.5) is 11.5 Å². The number of nitrogen functional groups attached to an aromatic ring is 1. The van der Waals surface area contributed by atoms with Crippen LogP contribution in [-0.2, 0) is 0 Å². The van der Waals surface area contributed by atoms with E-state index in [2.05, 4.69) is 29.2 Å². The Morgan fingerprint density at radius 2 is 1.94 bits per heavy atom. The maximum atomic E-state index is 6.13. The van der Waals surface area contributed by atoms with Crippen molar-refractivity contribution < 1.29 is 0 Å². The Bertz CT molecular complexity index is 363. The predicted octanol–water partition coefficient (Wildman–Crippen LogP) is 0.764. The normalized spacial score (nSPS) is 17.1. The minimum atomic E-state index is 0.348. The van der Waals surface area contributed by atoms with Gasteiger partial charge in [-0.15, -0.1) is 0 Å². The molecule has 90 valence electrons. The van der Waals surface area contributed by atoms with Crippen LogP contribution in [0.1, 0.15) is 25.6 Å². The molecule has 1 fully saturated rings. The SMILES string of the molecule is Cc1nn(C(C)C)c(N2CCNCC2)c1N. The largest absolute Gasteiger partial charge is 0.394 e. The number of rotatable bonds is 2. The second-order valence-electron chi connectivity index (χ2n) is 4.60. The van der Waals surface area contributed by atoms with Gasteiger partial charge in [0.05, 0.1) is 11.4 Å². The first-order chi connectivity index (χ1) is 7.61. The van der Waals surface area contributed by atoms with E-state index in [9.17, 15) is 0 Å². The molecule has 5 heteroatoms. The van der Waals surface area contributed by atoms with Gasteiger partial charge in [0.2, 0.25) is 0 Å². The molecule has 1 aliphatic rings. The van der Waals surface area contributed by atoms with Gasteiger partial charge < -0.3 is 16.0 Å². The highest BCUT2D eigenvalue weighted by molar-refractivity contribution is 5.66. The predicted molar refractivity (Wildman–Crippen MR) is 66.8 cm³/mol. The van der Waals surface area contributed by atoms with Crippen LogP contribution in [0.25, 0.3) is 0 Å². The Hall–Kier alpha value is -1.23. The standard InChI is InChI=1S/C11H21N5/c1-8(2)16-11(10(12)9(3)14-16)15-6-4-13-5-7-15/h8,13H,4-7,12H2,1-3H3. The highest BCUT2D eigenvalue weighted by atomic mass is 15.4. The molecule has 1 aromatic rings. The molecule has 0 aliphatic carbocycles. The first-order valence-electron chi connectivity index (χ1n) is 5.91. The van der Waals surface area contributed by atoms with Crippen LogP contribution in [-0.4, -0.2) is 36.0 Å². The Kier molecular flexibility index (Phi) is 3.05. The second-order valence-corrected chi connectivity index (χ2v) is 4.60. The van der Waals surface area contributed by atoms with Gasteiger partial charge in [-0.25, -0.2) is 4.68 Å². The third kappa shape index (κ3) is 1.87. The summed E-state index contributed by atoms with van der Waals surface area (Å²) in [5.74, 6) is 1.09. The molecule has 0 atom stereocenters. The van der Waals surface area contributed by atoms with Crippen molar-refractivity contribution in [2.45, 2.75) is 26.8 Å².